The van der Waals surface area contributed by atoms with E-state index in [1.54, 1.807) is 7.11 Å². The van der Waals surface area contributed by atoms with Crippen molar-refractivity contribution < 1.29 is 4.74 Å². The number of H-pyrrole nitrogens is 1. The van der Waals surface area contributed by atoms with Crippen LogP contribution in [0.1, 0.15) is 36.8 Å². The molecule has 0 saturated heterocycles. The molecule has 0 fully saturated rings. The fraction of sp³-hybridized carbons (Fsp3) is 0.250. The van der Waals surface area contributed by atoms with Crippen LogP contribution in [0.4, 0.5) is 0 Å². The molecular weight excluding hydrogens is 450 g/mol. The maximum Gasteiger partial charge on any atom is 0.204 e. The number of imidazole rings is 1. The van der Waals surface area contributed by atoms with Crippen molar-refractivity contribution in [2.75, 3.05) is 7.11 Å². The zero-order valence-corrected chi connectivity index (χ0v) is 20.8. The molecule has 0 unspecified atom stereocenters. The van der Waals surface area contributed by atoms with Gasteiger partial charge in [0, 0.05) is 30.4 Å². The van der Waals surface area contributed by atoms with Gasteiger partial charge in [-0.05, 0) is 47.4 Å². The number of nitrogens with one attached hydrogen (secondary N) is 1. The number of ether oxygens (including phenoxy) is 1. The van der Waals surface area contributed by atoms with Gasteiger partial charge in [-0.25, -0.2) is 9.97 Å². The summed E-state index contributed by atoms with van der Waals surface area (Å²) in [4.78, 5) is 9.67. The Labute approximate surface area is 210 Å². The van der Waals surface area contributed by atoms with Crippen molar-refractivity contribution in [3.05, 3.63) is 83.9 Å². The maximum absolute atomic E-state index is 5.56. The fourth-order valence-corrected chi connectivity index (χ4v) is 4.23. The van der Waals surface area contributed by atoms with E-state index in [1.807, 2.05) is 31.2 Å². The first kappa shape index (κ1) is 23.4. The summed E-state index contributed by atoms with van der Waals surface area (Å²) in [5.41, 5.74) is 7.02. The summed E-state index contributed by atoms with van der Waals surface area (Å²) in [5.74, 6) is 2.40. The van der Waals surface area contributed by atoms with E-state index < -0.39 is 0 Å². The summed E-state index contributed by atoms with van der Waals surface area (Å²) in [6.45, 7) is 4.93. The summed E-state index contributed by atoms with van der Waals surface area (Å²) in [5, 5.41) is 14.2. The average Bonchev–Trinajstić information content (AvgIpc) is 3.59. The van der Waals surface area contributed by atoms with E-state index in [9.17, 15) is 0 Å². The van der Waals surface area contributed by atoms with Crippen LogP contribution in [0.3, 0.4) is 0 Å². The zero-order valence-electron chi connectivity index (χ0n) is 20.8. The first-order valence-electron chi connectivity index (χ1n) is 12.2. The van der Waals surface area contributed by atoms with Gasteiger partial charge in [0.25, 0.3) is 0 Å². The molecule has 182 valence electrons. The molecule has 3 aromatic heterocycles. The molecule has 0 spiro atoms. The van der Waals surface area contributed by atoms with Crippen LogP contribution in [0.5, 0.6) is 5.75 Å². The molecule has 1 N–H and O–H groups in total. The number of aromatic nitrogens is 7. The lowest BCUT2D eigenvalue weighted by Crippen LogP contribution is -2.04. The summed E-state index contributed by atoms with van der Waals surface area (Å²) >= 11 is 0. The first-order chi connectivity index (χ1) is 17.6. The van der Waals surface area contributed by atoms with E-state index in [2.05, 4.69) is 74.7 Å². The van der Waals surface area contributed by atoms with Gasteiger partial charge >= 0.3 is 0 Å². The molecule has 0 aliphatic carbocycles. The normalized spacial score (nSPS) is 11.1. The van der Waals surface area contributed by atoms with Crippen LogP contribution < -0.4 is 4.74 Å². The minimum absolute atomic E-state index is 0.592. The molecule has 3 heterocycles. The monoisotopic (exact) mass is 479 g/mol. The summed E-state index contributed by atoms with van der Waals surface area (Å²) in [6.07, 6.45) is 5.23. The number of tetrazole rings is 1. The molecule has 5 rings (SSSR count). The highest BCUT2D eigenvalue weighted by Crippen LogP contribution is 2.29. The van der Waals surface area contributed by atoms with Crippen LogP contribution in [0.15, 0.2) is 66.9 Å². The molecule has 0 atom stereocenters. The molecular formula is C28H29N7O. The fourth-order valence-electron chi connectivity index (χ4n) is 4.23. The van der Waals surface area contributed by atoms with Crippen molar-refractivity contribution in [3.8, 4) is 39.7 Å². The Morgan fingerprint density at radius 3 is 2.28 bits per heavy atom. The molecule has 0 aliphatic heterocycles. The number of nitrogens with zero attached hydrogens (tertiary/aromatic N) is 6. The molecule has 36 heavy (non-hydrogen) atoms. The summed E-state index contributed by atoms with van der Waals surface area (Å²) in [6, 6.07) is 20.8. The number of rotatable bonds is 9. The number of methoxy groups -OCH3 is 1. The molecule has 8 heteroatoms. The van der Waals surface area contributed by atoms with E-state index in [1.165, 1.54) is 5.56 Å². The molecule has 0 bridgehead atoms. The van der Waals surface area contributed by atoms with Crippen LogP contribution in [-0.4, -0.2) is 42.3 Å². The van der Waals surface area contributed by atoms with Crippen molar-refractivity contribution in [3.63, 3.8) is 0 Å². The second-order valence-electron chi connectivity index (χ2n) is 8.79. The smallest absolute Gasteiger partial charge is 0.204 e. The van der Waals surface area contributed by atoms with Gasteiger partial charge in [0.05, 0.1) is 7.11 Å². The summed E-state index contributed by atoms with van der Waals surface area (Å²) < 4.78 is 7.80. The highest BCUT2D eigenvalue weighted by atomic mass is 16.5. The number of hydrogen-bond acceptors (Lipinski definition) is 6. The van der Waals surface area contributed by atoms with Crippen LogP contribution in [0.2, 0.25) is 0 Å². The Morgan fingerprint density at radius 2 is 1.61 bits per heavy atom. The predicted octanol–water partition coefficient (Wildman–Crippen LogP) is 5.50. The SMILES string of the molecule is CCCCc1nc(-c2nc(C)ccc2OC)cn1Cc1ccc(-c2ccc(-c3nn[nH]n3)cc2)cc1. The third-order valence-corrected chi connectivity index (χ3v) is 6.20. The number of unbranched alkanes of at least 4 members (excludes halogenated alkanes) is 1. The Hall–Kier alpha value is -4.33. The van der Waals surface area contributed by atoms with Gasteiger partial charge in [0.1, 0.15) is 23.0 Å². The van der Waals surface area contributed by atoms with Gasteiger partial charge in [-0.15, -0.1) is 10.2 Å². The largest absolute Gasteiger partial charge is 0.494 e. The Morgan fingerprint density at radius 1 is 0.889 bits per heavy atom. The number of aromatic amines is 1. The minimum Gasteiger partial charge on any atom is -0.494 e. The third kappa shape index (κ3) is 5.02. The number of hydrogen-bond donors (Lipinski definition) is 1. The minimum atomic E-state index is 0.592. The van der Waals surface area contributed by atoms with E-state index in [-0.39, 0.29) is 0 Å². The van der Waals surface area contributed by atoms with Gasteiger partial charge < -0.3 is 9.30 Å². The molecule has 0 amide bonds. The lowest BCUT2D eigenvalue weighted by Gasteiger charge is -2.09. The number of aryl methyl sites for hydroxylation is 2. The molecule has 0 radical (unpaired) electrons. The van der Waals surface area contributed by atoms with Gasteiger partial charge in [-0.3, -0.25) is 0 Å². The van der Waals surface area contributed by atoms with Gasteiger partial charge in [-0.2, -0.15) is 5.21 Å². The molecule has 5 aromatic rings. The highest BCUT2D eigenvalue weighted by molar-refractivity contribution is 5.68. The van der Waals surface area contributed by atoms with Gasteiger partial charge in [0.15, 0.2) is 0 Å². The number of pyridine rings is 1. The van der Waals surface area contributed by atoms with Crippen molar-refractivity contribution >= 4 is 0 Å². The standard InChI is InChI=1S/C28H29N7O/c1-4-5-6-26-30-24(27-25(36-3)16-7-19(2)29-27)18-35(26)17-20-8-10-21(11-9-20)22-12-14-23(15-13-22)28-31-33-34-32-28/h7-16,18H,4-6,17H2,1-3H3,(H,31,32,33,34). The maximum atomic E-state index is 5.56. The van der Waals surface area contributed by atoms with Crippen LogP contribution in [-0.2, 0) is 13.0 Å². The summed E-state index contributed by atoms with van der Waals surface area (Å²) in [7, 11) is 1.67. The van der Waals surface area contributed by atoms with E-state index in [0.717, 1.165) is 71.2 Å². The van der Waals surface area contributed by atoms with E-state index in [0.29, 0.717) is 5.82 Å². The lowest BCUT2D eigenvalue weighted by atomic mass is 10.0. The van der Waals surface area contributed by atoms with Crippen LogP contribution in [0, 0.1) is 6.92 Å². The van der Waals surface area contributed by atoms with E-state index >= 15 is 0 Å². The van der Waals surface area contributed by atoms with Crippen molar-refractivity contribution in [1.82, 2.24) is 35.2 Å². The van der Waals surface area contributed by atoms with Crippen molar-refractivity contribution in [1.29, 1.82) is 0 Å². The molecule has 2 aromatic carbocycles. The molecule has 8 nitrogen and oxygen atoms in total. The third-order valence-electron chi connectivity index (χ3n) is 6.20. The van der Waals surface area contributed by atoms with Crippen LogP contribution >= 0.6 is 0 Å². The van der Waals surface area contributed by atoms with Gasteiger partial charge in [-0.1, -0.05) is 61.9 Å². The first-order valence-corrected chi connectivity index (χ1v) is 12.2. The Kier molecular flexibility index (Phi) is 6.84. The molecule has 0 saturated carbocycles. The average molecular weight is 480 g/mol. The Balaban J connectivity index is 1.38. The topological polar surface area (TPSA) is 94.4 Å². The molecule has 0 aliphatic rings. The zero-order chi connectivity index (χ0) is 24.9. The number of benzene rings is 2. The quantitative estimate of drug-likeness (QED) is 0.300. The van der Waals surface area contributed by atoms with Crippen LogP contribution in [0.25, 0.3) is 33.9 Å². The second kappa shape index (κ2) is 10.5. The predicted molar refractivity (Wildman–Crippen MR) is 140 cm³/mol. The second-order valence-corrected chi connectivity index (χ2v) is 8.79. The van der Waals surface area contributed by atoms with Crippen molar-refractivity contribution in [2.24, 2.45) is 0 Å². The Bertz CT molecular complexity index is 1420. The van der Waals surface area contributed by atoms with E-state index in [4.69, 9.17) is 14.7 Å². The van der Waals surface area contributed by atoms with Gasteiger partial charge in [0.2, 0.25) is 5.82 Å². The lowest BCUT2D eigenvalue weighted by molar-refractivity contribution is 0.414. The van der Waals surface area contributed by atoms with Crippen molar-refractivity contribution in [2.45, 2.75) is 39.7 Å². The highest BCUT2D eigenvalue weighted by Gasteiger charge is 2.15.